The number of ether oxygens (including phenoxy) is 1. The van der Waals surface area contributed by atoms with Crippen LogP contribution in [0.15, 0.2) is 24.3 Å². The van der Waals surface area contributed by atoms with E-state index in [1.807, 2.05) is 26.0 Å². The molecular weight excluding hydrogens is 256 g/mol. The molecule has 1 amide bonds. The Bertz CT molecular complexity index is 404. The van der Waals surface area contributed by atoms with E-state index in [9.17, 15) is 4.79 Å². The number of rotatable bonds is 8. The molecule has 0 aliphatic heterocycles. The van der Waals surface area contributed by atoms with Gasteiger partial charge in [0.05, 0.1) is 19.3 Å². The number of carbonyl (C=O) groups is 1. The molecule has 1 rings (SSSR count). The van der Waals surface area contributed by atoms with E-state index in [1.54, 1.807) is 19.1 Å². The van der Waals surface area contributed by atoms with Crippen molar-refractivity contribution in [3.05, 3.63) is 29.8 Å². The Morgan fingerprint density at radius 2 is 1.90 bits per heavy atom. The minimum atomic E-state index is -0.242. The van der Waals surface area contributed by atoms with Crippen LogP contribution in [0.4, 0.5) is 5.69 Å². The van der Waals surface area contributed by atoms with Crippen LogP contribution in [0, 0.1) is 0 Å². The van der Waals surface area contributed by atoms with Crippen LogP contribution in [0.5, 0.6) is 0 Å². The van der Waals surface area contributed by atoms with Gasteiger partial charge in [0.2, 0.25) is 0 Å². The number of amides is 1. The highest BCUT2D eigenvalue weighted by Gasteiger charge is 2.08. The lowest BCUT2D eigenvalue weighted by molar-refractivity contribution is 0.0870. The Hall–Kier alpha value is -1.59. The second-order valence-corrected chi connectivity index (χ2v) is 4.98. The minimum absolute atomic E-state index is 0.0682. The third kappa shape index (κ3) is 6.04. The second kappa shape index (κ2) is 8.55. The predicted molar refractivity (Wildman–Crippen MR) is 80.0 cm³/mol. The molecule has 0 saturated carbocycles. The number of anilines is 1. The first kappa shape index (κ1) is 16.5. The summed E-state index contributed by atoms with van der Waals surface area (Å²) in [6.07, 6.45) is 0.233. The summed E-state index contributed by atoms with van der Waals surface area (Å²) >= 11 is 0. The third-order valence-corrected chi connectivity index (χ3v) is 2.68. The lowest BCUT2D eigenvalue weighted by Crippen LogP contribution is -2.34. The number of aliphatic hydroxyl groups excluding tert-OH is 1. The van der Waals surface area contributed by atoms with Gasteiger partial charge in [-0.15, -0.1) is 0 Å². The summed E-state index contributed by atoms with van der Waals surface area (Å²) in [7, 11) is 0. The molecule has 0 fully saturated rings. The summed E-state index contributed by atoms with van der Waals surface area (Å²) in [4.78, 5) is 11.8. The number of benzene rings is 1. The molecule has 112 valence electrons. The van der Waals surface area contributed by atoms with Gasteiger partial charge in [-0.2, -0.15) is 0 Å². The summed E-state index contributed by atoms with van der Waals surface area (Å²) < 4.78 is 5.43. The Labute approximate surface area is 120 Å². The molecule has 0 aliphatic rings. The zero-order valence-electron chi connectivity index (χ0n) is 12.3. The molecule has 1 atom stereocenters. The van der Waals surface area contributed by atoms with Crippen LogP contribution in [-0.2, 0) is 4.74 Å². The van der Waals surface area contributed by atoms with Crippen molar-refractivity contribution in [2.45, 2.75) is 32.9 Å². The number of nitrogens with one attached hydrogen (secondary N) is 2. The van der Waals surface area contributed by atoms with Gasteiger partial charge < -0.3 is 20.5 Å². The quantitative estimate of drug-likeness (QED) is 0.633. The molecule has 3 N–H and O–H groups in total. The van der Waals surface area contributed by atoms with Crippen molar-refractivity contribution in [2.75, 3.05) is 25.1 Å². The number of carbonyl (C=O) groups excluding carboxylic acids is 1. The van der Waals surface area contributed by atoms with Crippen LogP contribution in [0.3, 0.4) is 0 Å². The van der Waals surface area contributed by atoms with Crippen LogP contribution in [0.1, 0.15) is 31.1 Å². The third-order valence-electron chi connectivity index (χ3n) is 2.68. The summed E-state index contributed by atoms with van der Waals surface area (Å²) in [6, 6.07) is 6.98. The maximum atomic E-state index is 11.8. The minimum Gasteiger partial charge on any atom is -0.394 e. The fraction of sp³-hybridized carbons (Fsp3) is 0.533. The van der Waals surface area contributed by atoms with Crippen LogP contribution in [-0.4, -0.2) is 42.9 Å². The van der Waals surface area contributed by atoms with E-state index >= 15 is 0 Å². The molecular formula is C15H24N2O3. The van der Waals surface area contributed by atoms with Crippen LogP contribution >= 0.6 is 0 Å². The van der Waals surface area contributed by atoms with Crippen LogP contribution < -0.4 is 10.6 Å². The molecule has 0 saturated heterocycles. The van der Waals surface area contributed by atoms with Crippen molar-refractivity contribution in [1.82, 2.24) is 5.32 Å². The van der Waals surface area contributed by atoms with E-state index in [1.165, 1.54) is 0 Å². The molecule has 1 aromatic rings. The highest BCUT2D eigenvalue weighted by atomic mass is 16.5. The smallest absolute Gasteiger partial charge is 0.251 e. The Morgan fingerprint density at radius 1 is 1.25 bits per heavy atom. The molecule has 5 nitrogen and oxygen atoms in total. The lowest BCUT2D eigenvalue weighted by Gasteiger charge is -2.12. The average Bonchev–Trinajstić information content (AvgIpc) is 2.43. The fourth-order valence-corrected chi connectivity index (χ4v) is 1.58. The van der Waals surface area contributed by atoms with Gasteiger partial charge >= 0.3 is 0 Å². The molecule has 20 heavy (non-hydrogen) atoms. The van der Waals surface area contributed by atoms with E-state index in [-0.39, 0.29) is 24.7 Å². The fourth-order valence-electron chi connectivity index (χ4n) is 1.58. The average molecular weight is 280 g/mol. The first-order chi connectivity index (χ1) is 9.52. The van der Waals surface area contributed by atoms with E-state index in [4.69, 9.17) is 9.84 Å². The van der Waals surface area contributed by atoms with Gasteiger partial charge in [-0.3, -0.25) is 4.79 Å². The Balaban J connectivity index is 2.41. The van der Waals surface area contributed by atoms with Gasteiger partial charge in [0.15, 0.2) is 0 Å². The summed E-state index contributed by atoms with van der Waals surface area (Å²) in [5.41, 5.74) is 1.53. The highest BCUT2D eigenvalue weighted by Crippen LogP contribution is 2.09. The van der Waals surface area contributed by atoms with Crippen molar-refractivity contribution in [3.63, 3.8) is 0 Å². The molecule has 0 heterocycles. The van der Waals surface area contributed by atoms with Gasteiger partial charge in [0, 0.05) is 23.8 Å². The second-order valence-electron chi connectivity index (χ2n) is 4.98. The van der Waals surface area contributed by atoms with Crippen molar-refractivity contribution in [1.29, 1.82) is 0 Å². The topological polar surface area (TPSA) is 70.6 Å². The summed E-state index contributed by atoms with van der Waals surface area (Å²) in [5, 5.41) is 14.8. The van der Waals surface area contributed by atoms with E-state index < -0.39 is 0 Å². The zero-order valence-corrected chi connectivity index (χ0v) is 12.3. The Kier molecular flexibility index (Phi) is 7.04. The van der Waals surface area contributed by atoms with Crippen molar-refractivity contribution in [3.8, 4) is 0 Å². The van der Waals surface area contributed by atoms with Crippen molar-refractivity contribution >= 4 is 11.6 Å². The molecule has 0 radical (unpaired) electrons. The first-order valence-corrected chi connectivity index (χ1v) is 6.90. The van der Waals surface area contributed by atoms with Gasteiger partial charge in [-0.25, -0.2) is 0 Å². The summed E-state index contributed by atoms with van der Waals surface area (Å²) in [6.45, 7) is 7.06. The molecule has 0 aliphatic carbocycles. The summed E-state index contributed by atoms with van der Waals surface area (Å²) in [5.74, 6) is -0.179. The maximum Gasteiger partial charge on any atom is 0.251 e. The zero-order chi connectivity index (χ0) is 15.0. The monoisotopic (exact) mass is 280 g/mol. The first-order valence-electron chi connectivity index (χ1n) is 6.90. The standard InChI is InChI=1S/C15H24N2O3/c1-11(2)20-9-8-16-14-6-4-13(5-7-14)15(19)17-12(3)10-18/h4-7,11-12,16,18H,8-10H2,1-3H3,(H,17,19). The molecule has 1 aromatic carbocycles. The largest absolute Gasteiger partial charge is 0.394 e. The van der Waals surface area contributed by atoms with Crippen LogP contribution in [0.2, 0.25) is 0 Å². The lowest BCUT2D eigenvalue weighted by atomic mass is 10.2. The van der Waals surface area contributed by atoms with Crippen LogP contribution in [0.25, 0.3) is 0 Å². The molecule has 5 heteroatoms. The van der Waals surface area contributed by atoms with E-state index in [0.29, 0.717) is 12.2 Å². The maximum absolute atomic E-state index is 11.8. The predicted octanol–water partition coefficient (Wildman–Crippen LogP) is 1.63. The van der Waals surface area contributed by atoms with Gasteiger partial charge in [0.1, 0.15) is 0 Å². The molecule has 1 unspecified atom stereocenters. The highest BCUT2D eigenvalue weighted by molar-refractivity contribution is 5.94. The van der Waals surface area contributed by atoms with E-state index in [0.717, 1.165) is 12.2 Å². The van der Waals surface area contributed by atoms with Crippen molar-refractivity contribution < 1.29 is 14.6 Å². The molecule has 0 spiro atoms. The van der Waals surface area contributed by atoms with Gasteiger partial charge in [-0.1, -0.05) is 0 Å². The van der Waals surface area contributed by atoms with E-state index in [2.05, 4.69) is 10.6 Å². The Morgan fingerprint density at radius 3 is 2.45 bits per heavy atom. The number of aliphatic hydroxyl groups is 1. The van der Waals surface area contributed by atoms with Crippen molar-refractivity contribution in [2.24, 2.45) is 0 Å². The molecule has 0 bridgehead atoms. The molecule has 0 aromatic heterocycles. The van der Waals surface area contributed by atoms with Gasteiger partial charge in [-0.05, 0) is 45.0 Å². The SMILES string of the molecule is CC(CO)NC(=O)c1ccc(NCCOC(C)C)cc1. The van der Waals surface area contributed by atoms with Gasteiger partial charge in [0.25, 0.3) is 5.91 Å². The number of hydrogen-bond donors (Lipinski definition) is 3. The normalized spacial score (nSPS) is 12.2. The number of hydrogen-bond acceptors (Lipinski definition) is 4.